The second-order valence-corrected chi connectivity index (χ2v) is 7.18. The van der Waals surface area contributed by atoms with Crippen LogP contribution < -0.4 is 15.5 Å². The minimum Gasteiger partial charge on any atom is -0.379 e. The second kappa shape index (κ2) is 8.59. The zero-order valence-corrected chi connectivity index (χ0v) is 16.1. The number of carbonyl (C=O) groups excluding carboxylic acids is 3. The standard InChI is InChI=1S/C21H24N4O4/c26-19(22-8-9-24-10-12-29-13-11-24)14-17-20(27)25(21(28)23-17)18-7-3-5-15-4-1-2-6-16(15)18/h1-7,17H,8-14H2,(H,22,26)(H,23,28). The van der Waals surface area contributed by atoms with Gasteiger partial charge in [-0.15, -0.1) is 0 Å². The number of fused-ring (bicyclic) bond motifs is 1. The van der Waals surface area contributed by atoms with Gasteiger partial charge >= 0.3 is 6.03 Å². The molecule has 8 nitrogen and oxygen atoms in total. The maximum Gasteiger partial charge on any atom is 0.329 e. The fourth-order valence-electron chi connectivity index (χ4n) is 3.74. The molecular formula is C21H24N4O4. The first-order chi connectivity index (χ1) is 14.1. The van der Waals surface area contributed by atoms with E-state index in [0.717, 1.165) is 35.3 Å². The van der Waals surface area contributed by atoms with Crippen LogP contribution in [0, 0.1) is 0 Å². The predicted octanol–water partition coefficient (Wildman–Crippen LogP) is 1.10. The van der Waals surface area contributed by atoms with Crippen LogP contribution in [0.25, 0.3) is 10.8 Å². The number of hydrogen-bond donors (Lipinski definition) is 2. The molecule has 152 valence electrons. The summed E-state index contributed by atoms with van der Waals surface area (Å²) in [7, 11) is 0. The largest absolute Gasteiger partial charge is 0.379 e. The molecule has 0 radical (unpaired) electrons. The third kappa shape index (κ3) is 4.23. The van der Waals surface area contributed by atoms with Crippen LogP contribution in [-0.2, 0) is 14.3 Å². The van der Waals surface area contributed by atoms with Gasteiger partial charge in [-0.2, -0.15) is 0 Å². The van der Waals surface area contributed by atoms with Gasteiger partial charge in [0.05, 0.1) is 25.3 Å². The van der Waals surface area contributed by atoms with Gasteiger partial charge < -0.3 is 15.4 Å². The maximum absolute atomic E-state index is 12.9. The molecule has 0 aromatic heterocycles. The molecule has 2 fully saturated rings. The summed E-state index contributed by atoms with van der Waals surface area (Å²) in [5.41, 5.74) is 0.529. The number of urea groups is 1. The summed E-state index contributed by atoms with van der Waals surface area (Å²) in [6.07, 6.45) is -0.0745. The number of benzene rings is 2. The van der Waals surface area contributed by atoms with Crippen molar-refractivity contribution >= 4 is 34.3 Å². The van der Waals surface area contributed by atoms with Crippen molar-refractivity contribution in [3.63, 3.8) is 0 Å². The number of carbonyl (C=O) groups is 3. The van der Waals surface area contributed by atoms with Crippen LogP contribution in [0.4, 0.5) is 10.5 Å². The highest BCUT2D eigenvalue weighted by atomic mass is 16.5. The van der Waals surface area contributed by atoms with Crippen LogP contribution in [0.1, 0.15) is 6.42 Å². The van der Waals surface area contributed by atoms with Crippen molar-refractivity contribution in [2.24, 2.45) is 0 Å². The van der Waals surface area contributed by atoms with E-state index in [1.807, 2.05) is 36.4 Å². The molecule has 0 aliphatic carbocycles. The molecule has 1 unspecified atom stereocenters. The van der Waals surface area contributed by atoms with Gasteiger partial charge in [-0.3, -0.25) is 14.5 Å². The van der Waals surface area contributed by atoms with E-state index in [1.54, 1.807) is 6.07 Å². The Bertz CT molecular complexity index is 921. The number of hydrogen-bond acceptors (Lipinski definition) is 5. The topological polar surface area (TPSA) is 91.0 Å². The van der Waals surface area contributed by atoms with E-state index in [4.69, 9.17) is 4.74 Å². The van der Waals surface area contributed by atoms with Gasteiger partial charge in [0.1, 0.15) is 6.04 Å². The van der Waals surface area contributed by atoms with Crippen LogP contribution in [0.2, 0.25) is 0 Å². The number of ether oxygens (including phenoxy) is 1. The summed E-state index contributed by atoms with van der Waals surface area (Å²) in [5.74, 6) is -0.661. The van der Waals surface area contributed by atoms with Crippen LogP contribution in [0.5, 0.6) is 0 Å². The van der Waals surface area contributed by atoms with E-state index in [0.29, 0.717) is 25.4 Å². The summed E-state index contributed by atoms with van der Waals surface area (Å²) in [6, 6.07) is 11.7. The molecular weight excluding hydrogens is 372 g/mol. The molecule has 4 amide bonds. The lowest BCUT2D eigenvalue weighted by molar-refractivity contribution is -0.125. The summed E-state index contributed by atoms with van der Waals surface area (Å²) in [4.78, 5) is 41.0. The predicted molar refractivity (Wildman–Crippen MR) is 109 cm³/mol. The number of amides is 4. The van der Waals surface area contributed by atoms with Crippen LogP contribution in [0.15, 0.2) is 42.5 Å². The zero-order valence-electron chi connectivity index (χ0n) is 16.1. The Morgan fingerprint density at radius 3 is 2.69 bits per heavy atom. The Balaban J connectivity index is 1.37. The van der Waals surface area contributed by atoms with Gasteiger partial charge in [-0.05, 0) is 11.5 Å². The van der Waals surface area contributed by atoms with Crippen molar-refractivity contribution in [3.05, 3.63) is 42.5 Å². The Labute approximate surface area is 168 Å². The fourth-order valence-corrected chi connectivity index (χ4v) is 3.74. The van der Waals surface area contributed by atoms with Gasteiger partial charge in [-0.1, -0.05) is 36.4 Å². The van der Waals surface area contributed by atoms with Gasteiger partial charge in [0.2, 0.25) is 5.91 Å². The van der Waals surface area contributed by atoms with E-state index < -0.39 is 18.0 Å². The second-order valence-electron chi connectivity index (χ2n) is 7.18. The first-order valence-electron chi connectivity index (χ1n) is 9.82. The fraction of sp³-hybridized carbons (Fsp3) is 0.381. The lowest BCUT2D eigenvalue weighted by atomic mass is 10.1. The molecule has 0 spiro atoms. The first kappa shape index (κ1) is 19.4. The number of rotatable bonds is 6. The monoisotopic (exact) mass is 396 g/mol. The summed E-state index contributed by atoms with van der Waals surface area (Å²) in [6.45, 7) is 4.37. The van der Waals surface area contributed by atoms with Gasteiger partial charge in [0.15, 0.2) is 0 Å². The molecule has 2 heterocycles. The summed E-state index contributed by atoms with van der Waals surface area (Å²) < 4.78 is 5.30. The molecule has 0 bridgehead atoms. The number of morpholine rings is 1. The Hall–Kier alpha value is -2.97. The molecule has 2 N–H and O–H groups in total. The summed E-state index contributed by atoms with van der Waals surface area (Å²) in [5, 5.41) is 7.22. The average molecular weight is 396 g/mol. The number of imide groups is 1. The SMILES string of the molecule is O=C(CC1NC(=O)N(c2cccc3ccccc23)C1=O)NCCN1CCOCC1. The van der Waals surface area contributed by atoms with Gasteiger partial charge in [0.25, 0.3) is 5.91 Å². The van der Waals surface area contributed by atoms with E-state index in [-0.39, 0.29) is 12.3 Å². The average Bonchev–Trinajstić information content (AvgIpc) is 3.01. The van der Waals surface area contributed by atoms with Crippen molar-refractivity contribution < 1.29 is 19.1 Å². The minimum atomic E-state index is -0.857. The molecule has 8 heteroatoms. The van der Waals surface area contributed by atoms with E-state index in [1.165, 1.54) is 0 Å². The normalized spacial score (nSPS) is 20.1. The third-order valence-corrected chi connectivity index (χ3v) is 5.27. The van der Waals surface area contributed by atoms with Crippen molar-refractivity contribution in [2.45, 2.75) is 12.5 Å². The van der Waals surface area contributed by atoms with Crippen molar-refractivity contribution in [1.29, 1.82) is 0 Å². The van der Waals surface area contributed by atoms with Crippen molar-refractivity contribution in [3.8, 4) is 0 Å². The third-order valence-electron chi connectivity index (χ3n) is 5.27. The van der Waals surface area contributed by atoms with Crippen molar-refractivity contribution in [2.75, 3.05) is 44.3 Å². The molecule has 1 atom stereocenters. The van der Waals surface area contributed by atoms with Gasteiger partial charge in [0, 0.05) is 31.6 Å². The Morgan fingerprint density at radius 1 is 1.10 bits per heavy atom. The maximum atomic E-state index is 12.9. The lowest BCUT2D eigenvalue weighted by Crippen LogP contribution is -2.42. The quantitative estimate of drug-likeness (QED) is 0.714. The molecule has 4 rings (SSSR count). The molecule has 2 saturated heterocycles. The Morgan fingerprint density at radius 2 is 1.86 bits per heavy atom. The molecule has 2 aromatic rings. The number of nitrogens with zero attached hydrogens (tertiary/aromatic N) is 2. The highest BCUT2D eigenvalue weighted by molar-refractivity contribution is 6.24. The molecule has 29 heavy (non-hydrogen) atoms. The Kier molecular flexibility index (Phi) is 5.73. The number of anilines is 1. The smallest absolute Gasteiger partial charge is 0.329 e. The highest BCUT2D eigenvalue weighted by Gasteiger charge is 2.40. The first-order valence-corrected chi connectivity index (χ1v) is 9.82. The van der Waals surface area contributed by atoms with Crippen LogP contribution in [-0.4, -0.2) is 68.2 Å². The van der Waals surface area contributed by atoms with E-state index in [9.17, 15) is 14.4 Å². The zero-order chi connectivity index (χ0) is 20.2. The molecule has 2 aliphatic heterocycles. The highest BCUT2D eigenvalue weighted by Crippen LogP contribution is 2.29. The molecule has 0 saturated carbocycles. The van der Waals surface area contributed by atoms with Gasteiger partial charge in [-0.25, -0.2) is 9.69 Å². The van der Waals surface area contributed by atoms with Crippen LogP contribution >= 0.6 is 0 Å². The van der Waals surface area contributed by atoms with E-state index in [2.05, 4.69) is 15.5 Å². The summed E-state index contributed by atoms with van der Waals surface area (Å²) >= 11 is 0. The molecule has 2 aliphatic rings. The number of nitrogens with one attached hydrogen (secondary N) is 2. The molecule has 2 aromatic carbocycles. The van der Waals surface area contributed by atoms with E-state index >= 15 is 0 Å². The minimum absolute atomic E-state index is 0.0745. The lowest BCUT2D eigenvalue weighted by Gasteiger charge is -2.26. The van der Waals surface area contributed by atoms with Crippen molar-refractivity contribution in [1.82, 2.24) is 15.5 Å². The van der Waals surface area contributed by atoms with Crippen LogP contribution in [0.3, 0.4) is 0 Å².